The molecule has 0 aromatic carbocycles. The summed E-state index contributed by atoms with van der Waals surface area (Å²) >= 11 is 0. The van der Waals surface area contributed by atoms with Gasteiger partial charge in [-0.15, -0.1) is 0 Å². The molecule has 4 aliphatic rings. The predicted molar refractivity (Wildman–Crippen MR) is 213 cm³/mol. The van der Waals surface area contributed by atoms with Crippen LogP contribution in [0.15, 0.2) is 16.6 Å². The Morgan fingerprint density at radius 3 is 2.32 bits per heavy atom. The number of aliphatic hydroxyl groups excluding tert-OH is 1. The van der Waals surface area contributed by atoms with E-state index in [9.17, 15) is 24.6 Å². The summed E-state index contributed by atoms with van der Waals surface area (Å²) < 4.78 is 38.6. The smallest absolute Gasteiger partial charge is 0.288 e. The Morgan fingerprint density at radius 2 is 1.70 bits per heavy atom. The van der Waals surface area contributed by atoms with E-state index in [0.717, 1.165) is 5.57 Å². The van der Waals surface area contributed by atoms with Gasteiger partial charge in [-0.3, -0.25) is 14.4 Å². The summed E-state index contributed by atoms with van der Waals surface area (Å²) in [7, 11) is 5.12. The number of carbonyl (C=O) groups excluding carboxylic acids is 3. The number of methoxy groups -OCH3 is 1. The maximum atomic E-state index is 14.1. The van der Waals surface area contributed by atoms with Gasteiger partial charge in [-0.25, -0.2) is 4.99 Å². The van der Waals surface area contributed by atoms with Crippen molar-refractivity contribution in [2.24, 2.45) is 22.7 Å². The summed E-state index contributed by atoms with van der Waals surface area (Å²) in [6, 6.07) is -0.606. The number of amides is 3. The number of likely N-dealkylation sites (N-methyl/N-ethyl adjacent to an activating group) is 2. The summed E-state index contributed by atoms with van der Waals surface area (Å²) in [5, 5.41) is 29.2. The number of hydrogen-bond donors (Lipinski definition) is 4. The summed E-state index contributed by atoms with van der Waals surface area (Å²) in [6.07, 6.45) is -3.62. The van der Waals surface area contributed by atoms with Gasteiger partial charge in [-0.1, -0.05) is 32.4 Å². The fraction of sp³-hybridized carbons (Fsp3) is 0.854. The van der Waals surface area contributed by atoms with Gasteiger partial charge in [0.15, 0.2) is 18.7 Å². The van der Waals surface area contributed by atoms with Crippen molar-refractivity contribution in [3.05, 3.63) is 11.6 Å². The number of allylic oxidation sites excluding steroid dienone is 1. The van der Waals surface area contributed by atoms with Crippen LogP contribution in [0.4, 0.5) is 0 Å². The van der Waals surface area contributed by atoms with Crippen molar-refractivity contribution in [2.75, 3.05) is 34.3 Å². The highest BCUT2D eigenvalue weighted by Gasteiger charge is 2.54. The van der Waals surface area contributed by atoms with Crippen LogP contribution in [-0.4, -0.2) is 157 Å². The molecule has 16 heteroatoms. The van der Waals surface area contributed by atoms with Gasteiger partial charge in [-0.05, 0) is 74.1 Å². The topological polar surface area (TPSA) is 190 Å². The van der Waals surface area contributed by atoms with Gasteiger partial charge >= 0.3 is 0 Å². The Balaban J connectivity index is 1.80. The molecule has 4 N–H and O–H groups in total. The molecule has 4 aliphatic heterocycles. The molecule has 4 fully saturated rings. The molecule has 15 atom stereocenters. The summed E-state index contributed by atoms with van der Waals surface area (Å²) in [5.41, 5.74) is -1.77. The highest BCUT2D eigenvalue weighted by molar-refractivity contribution is 5.91. The Kier molecular flexibility index (Phi) is 15.6. The highest BCUT2D eigenvalue weighted by atomic mass is 16.7. The minimum atomic E-state index is -1.58. The first-order valence-electron chi connectivity index (χ1n) is 20.5. The van der Waals surface area contributed by atoms with Crippen molar-refractivity contribution in [1.82, 2.24) is 20.4 Å². The average Bonchev–Trinajstić information content (AvgIpc) is 3.41. The Bertz CT molecular complexity index is 1470. The standard InChI is InChI=1S/C41H71N5O11/c1-21(2)15-28-37(50)45(12)20-23(5)17-40(10,51)35(57-38-33-29(16-24(6)53-38)46(13)39(56-33)43-22(3)4)25(7)32(26(8)36(49)42-19-30(47)44-28)55-31-18-41(11,52-14)34(48)27(9)54-31/h15,22-29,31-35,38,48,51H,16-20H2,1-14H3,(H,42,49)(H,44,47)/b43-39+/t23-,24-,25+,26-,27+,28+,29+,31+,32+,33-,34+,35-,38+,40-,41-/m1/s1. The van der Waals surface area contributed by atoms with Crippen molar-refractivity contribution in [3.63, 3.8) is 0 Å². The molecule has 0 saturated carbocycles. The quantitative estimate of drug-likeness (QED) is 0.275. The van der Waals surface area contributed by atoms with Gasteiger partial charge in [0.1, 0.15) is 12.1 Å². The molecule has 4 rings (SSSR count). The lowest BCUT2D eigenvalue weighted by Gasteiger charge is -2.48. The van der Waals surface area contributed by atoms with Crippen LogP contribution in [0.5, 0.6) is 0 Å². The molecule has 16 nitrogen and oxygen atoms in total. The third-order valence-electron chi connectivity index (χ3n) is 11.8. The van der Waals surface area contributed by atoms with E-state index in [0.29, 0.717) is 12.4 Å². The van der Waals surface area contributed by atoms with Crippen molar-refractivity contribution < 1.29 is 53.0 Å². The minimum Gasteiger partial charge on any atom is -0.454 e. The SMILES string of the molecule is CO[C@]1(C)C[C@H](O[C@H]2[C@H](C)[C@@H](O[C@@H]3O[C@H](C)C[C@H]4[C@H]3O/C(=N/C(C)C)N4C)[C@](C)(O)C[C@@H](C)CN(C)C(=O)[C@H](C=C(C)C)NC(=O)CNC(=O)[C@@H]2C)O[C@@H](C)[C@@H]1O. The average molecular weight is 810 g/mol. The molecular weight excluding hydrogens is 738 g/mol. The molecular formula is C41H71N5O11. The zero-order valence-corrected chi connectivity index (χ0v) is 36.6. The Morgan fingerprint density at radius 1 is 1.04 bits per heavy atom. The number of nitrogens with zero attached hydrogens (tertiary/aromatic N) is 3. The van der Waals surface area contributed by atoms with Crippen LogP contribution >= 0.6 is 0 Å². The monoisotopic (exact) mass is 810 g/mol. The molecule has 0 aromatic heterocycles. The molecule has 0 aromatic rings. The van der Waals surface area contributed by atoms with Crippen LogP contribution in [-0.2, 0) is 42.8 Å². The van der Waals surface area contributed by atoms with E-state index >= 15 is 0 Å². The number of amidine groups is 1. The zero-order valence-electron chi connectivity index (χ0n) is 36.6. The number of hydrogen-bond acceptors (Lipinski definition) is 12. The largest absolute Gasteiger partial charge is 0.454 e. The van der Waals surface area contributed by atoms with E-state index in [-0.39, 0.29) is 49.4 Å². The van der Waals surface area contributed by atoms with E-state index in [4.69, 9.17) is 33.4 Å². The van der Waals surface area contributed by atoms with E-state index < -0.39 is 90.5 Å². The van der Waals surface area contributed by atoms with Crippen molar-refractivity contribution in [3.8, 4) is 0 Å². The Hall–Kier alpha value is -2.86. The van der Waals surface area contributed by atoms with E-state index in [1.165, 1.54) is 7.11 Å². The van der Waals surface area contributed by atoms with Crippen molar-refractivity contribution >= 4 is 23.7 Å². The maximum absolute atomic E-state index is 14.1. The van der Waals surface area contributed by atoms with Gasteiger partial charge in [-0.2, -0.15) is 0 Å². The third-order valence-corrected chi connectivity index (χ3v) is 11.8. The molecule has 0 unspecified atom stereocenters. The summed E-state index contributed by atoms with van der Waals surface area (Å²) in [4.78, 5) is 49.3. The van der Waals surface area contributed by atoms with E-state index in [1.807, 2.05) is 60.4 Å². The molecule has 0 spiro atoms. The summed E-state index contributed by atoms with van der Waals surface area (Å²) in [5.74, 6) is -3.27. The molecule has 4 heterocycles. The van der Waals surface area contributed by atoms with Gasteiger partial charge in [0.25, 0.3) is 6.02 Å². The lowest BCUT2D eigenvalue weighted by atomic mass is 9.77. The minimum absolute atomic E-state index is 0.0135. The normalized spacial score (nSPS) is 42.4. The van der Waals surface area contributed by atoms with Gasteiger partial charge < -0.3 is 59.1 Å². The lowest BCUT2D eigenvalue weighted by molar-refractivity contribution is -0.313. The fourth-order valence-electron chi connectivity index (χ4n) is 8.84. The van der Waals surface area contributed by atoms with Crippen LogP contribution in [0.25, 0.3) is 0 Å². The number of rotatable bonds is 7. The van der Waals surface area contributed by atoms with Crippen molar-refractivity contribution in [1.29, 1.82) is 0 Å². The number of fused-ring (bicyclic) bond motifs is 1. The molecule has 3 amide bonds. The number of carbonyl (C=O) groups is 3. The molecule has 0 bridgehead atoms. The molecule has 0 radical (unpaired) electrons. The first kappa shape index (κ1) is 46.8. The predicted octanol–water partition coefficient (Wildman–Crippen LogP) is 2.34. The fourth-order valence-corrected chi connectivity index (χ4v) is 8.84. The van der Waals surface area contributed by atoms with Crippen LogP contribution in [0, 0.1) is 17.8 Å². The van der Waals surface area contributed by atoms with E-state index in [2.05, 4.69) is 10.6 Å². The molecule has 57 heavy (non-hydrogen) atoms. The summed E-state index contributed by atoms with van der Waals surface area (Å²) in [6.45, 7) is 20.1. The van der Waals surface area contributed by atoms with Gasteiger partial charge in [0.2, 0.25) is 17.7 Å². The zero-order chi connectivity index (χ0) is 42.7. The number of ether oxygens (including phenoxy) is 6. The van der Waals surface area contributed by atoms with Crippen LogP contribution in [0.2, 0.25) is 0 Å². The first-order chi connectivity index (χ1) is 26.5. The Labute approximate surface area is 339 Å². The third kappa shape index (κ3) is 11.3. The second kappa shape index (κ2) is 19.0. The van der Waals surface area contributed by atoms with Gasteiger partial charge in [0.05, 0.1) is 54.1 Å². The van der Waals surface area contributed by atoms with Crippen LogP contribution < -0.4 is 10.6 Å². The second-order valence-electron chi connectivity index (χ2n) is 18.0. The number of nitrogens with one attached hydrogen (secondary N) is 2. The second-order valence-corrected chi connectivity index (χ2v) is 18.0. The van der Waals surface area contributed by atoms with Crippen LogP contribution in [0.3, 0.4) is 0 Å². The van der Waals surface area contributed by atoms with Gasteiger partial charge in [0, 0.05) is 46.1 Å². The van der Waals surface area contributed by atoms with Crippen molar-refractivity contribution in [2.45, 2.75) is 174 Å². The van der Waals surface area contributed by atoms with E-state index in [1.54, 1.807) is 45.7 Å². The maximum Gasteiger partial charge on any atom is 0.288 e. The lowest BCUT2D eigenvalue weighted by Crippen LogP contribution is -2.60. The first-order valence-corrected chi connectivity index (χ1v) is 20.5. The molecule has 0 aliphatic carbocycles. The highest BCUT2D eigenvalue weighted by Crippen LogP contribution is 2.40. The number of aliphatic hydroxyl groups is 2. The number of aliphatic imine (C=N–C) groups is 1. The molecule has 4 saturated heterocycles. The molecule has 326 valence electrons. The van der Waals surface area contributed by atoms with Crippen LogP contribution in [0.1, 0.15) is 95.4 Å².